The second kappa shape index (κ2) is 23.4. The lowest BCUT2D eigenvalue weighted by Crippen LogP contribution is -2.70. The fraction of sp³-hybridized carbons (Fsp3) is 0.436. The number of fused-ring (bicyclic) bond motifs is 2. The first-order valence-corrected chi connectivity index (χ1v) is 23.8. The van der Waals surface area contributed by atoms with Crippen molar-refractivity contribution in [3.05, 3.63) is 149 Å². The fourth-order valence-corrected chi connectivity index (χ4v) is 9.81. The van der Waals surface area contributed by atoms with Crippen LogP contribution in [0.5, 0.6) is 17.2 Å². The molecule has 13 heteroatoms. The smallest absolute Gasteiger partial charge is 0.410 e. The summed E-state index contributed by atoms with van der Waals surface area (Å²) in [6.45, 7) is 10.4. The minimum atomic E-state index is -1.58. The van der Waals surface area contributed by atoms with Crippen LogP contribution in [0.1, 0.15) is 98.7 Å². The average molecular weight is 933 g/mol. The number of halogens is 1. The number of aliphatic hydroxyl groups is 2. The molecular weight excluding hydrogens is 868 g/mol. The predicted molar refractivity (Wildman–Crippen MR) is 257 cm³/mol. The highest BCUT2D eigenvalue weighted by molar-refractivity contribution is 6.03. The monoisotopic (exact) mass is 932 g/mol. The SMILES string of the molecule is C=CCOC12Oc3ccc(Oc4cccc(C=O)c4)cc3C3C(CCCCO)C(CCCCO)C=C(C(=NOC(C)(C)C)CC1N(Cc1ccc(F)cc1)C(=O)OCCOCc1ccccc1)C32. The Morgan fingerprint density at radius 2 is 1.66 bits per heavy atom. The highest BCUT2D eigenvalue weighted by atomic mass is 19.1. The average Bonchev–Trinajstić information content (AvgIpc) is 3.33. The Hall–Kier alpha value is -5.86. The van der Waals surface area contributed by atoms with E-state index in [-0.39, 0.29) is 63.8 Å². The van der Waals surface area contributed by atoms with E-state index < -0.39 is 35.3 Å². The minimum absolute atomic E-state index is 0.000880. The van der Waals surface area contributed by atoms with E-state index in [4.69, 9.17) is 33.7 Å². The number of aliphatic hydroxyl groups excluding tert-OH is 2. The van der Waals surface area contributed by atoms with Crippen LogP contribution < -0.4 is 9.47 Å². The first-order chi connectivity index (χ1) is 33.0. The Balaban J connectivity index is 1.40. The Morgan fingerprint density at radius 1 is 0.912 bits per heavy atom. The van der Waals surface area contributed by atoms with E-state index in [1.165, 1.54) is 12.1 Å². The lowest BCUT2D eigenvalue weighted by atomic mass is 9.55. The van der Waals surface area contributed by atoms with Crippen molar-refractivity contribution in [3.63, 3.8) is 0 Å². The molecule has 1 aliphatic heterocycles. The number of aldehydes is 1. The molecular formula is C55H65FN2O10. The molecule has 1 amide bonds. The summed E-state index contributed by atoms with van der Waals surface area (Å²) in [5.41, 5.74) is 3.79. The van der Waals surface area contributed by atoms with Gasteiger partial charge in [0.2, 0.25) is 5.79 Å². The molecule has 0 radical (unpaired) electrons. The minimum Gasteiger partial charge on any atom is -0.459 e. The maximum absolute atomic E-state index is 14.9. The van der Waals surface area contributed by atoms with Crippen molar-refractivity contribution in [1.82, 2.24) is 4.90 Å². The summed E-state index contributed by atoms with van der Waals surface area (Å²) in [5.74, 6) is -1.40. The molecule has 4 aromatic rings. The molecule has 6 unspecified atom stereocenters. The Labute approximate surface area is 399 Å². The van der Waals surface area contributed by atoms with Crippen LogP contribution in [0, 0.1) is 23.6 Å². The fourth-order valence-electron chi connectivity index (χ4n) is 9.81. The third-order valence-electron chi connectivity index (χ3n) is 12.7. The van der Waals surface area contributed by atoms with E-state index in [0.717, 1.165) is 48.7 Å². The summed E-state index contributed by atoms with van der Waals surface area (Å²) in [7, 11) is 0. The molecule has 4 aromatic carbocycles. The van der Waals surface area contributed by atoms with E-state index in [2.05, 4.69) is 12.7 Å². The summed E-state index contributed by atoms with van der Waals surface area (Å²) in [5, 5.41) is 24.9. The zero-order chi connectivity index (χ0) is 48.1. The lowest BCUT2D eigenvalue weighted by molar-refractivity contribution is -0.256. The van der Waals surface area contributed by atoms with Crippen molar-refractivity contribution in [1.29, 1.82) is 0 Å². The van der Waals surface area contributed by atoms with Crippen LogP contribution >= 0.6 is 0 Å². The molecule has 6 atom stereocenters. The Kier molecular flexibility index (Phi) is 17.2. The number of allylic oxidation sites excluding steroid dienone is 1. The number of hydrogen-bond donors (Lipinski definition) is 2. The van der Waals surface area contributed by atoms with Gasteiger partial charge in [-0.2, -0.15) is 0 Å². The standard InChI is InChI=1S/C55H65FN2O10/c1-5-28-65-55-50(58(35-38-20-22-42(56)23-21-38)53(62)64-30-29-63-37-39-14-7-6-8-15-39)34-48(57-68-54(2,3)4)46-32-41(17-9-11-26-59)45(19-10-12-27-60)51(52(46)55)47-33-44(24-25-49(47)67-55)66-43-18-13-16-40(31-43)36-61/h5-8,13-16,18,20-25,31-33,36,41,45,50-52,59-60H,1,9-12,17,19,26-30,34-35,37H2,2-4H3. The molecule has 7 rings (SSSR count). The Morgan fingerprint density at radius 3 is 2.38 bits per heavy atom. The topological polar surface area (TPSA) is 146 Å². The highest BCUT2D eigenvalue weighted by Crippen LogP contribution is 2.62. The van der Waals surface area contributed by atoms with Crippen molar-refractivity contribution in [2.45, 2.75) is 102 Å². The maximum atomic E-state index is 14.9. The normalized spacial score (nSPS) is 22.2. The molecule has 0 aromatic heterocycles. The van der Waals surface area contributed by atoms with Crippen LogP contribution in [-0.2, 0) is 32.2 Å². The van der Waals surface area contributed by atoms with Crippen LogP contribution in [0.25, 0.3) is 0 Å². The van der Waals surface area contributed by atoms with Gasteiger partial charge in [0.25, 0.3) is 0 Å². The third kappa shape index (κ3) is 12.2. The van der Waals surface area contributed by atoms with E-state index in [9.17, 15) is 24.2 Å². The number of rotatable bonds is 23. The number of benzene rings is 4. The number of unbranched alkanes of at least 4 members (excludes halogenated alkanes) is 2. The molecule has 0 bridgehead atoms. The predicted octanol–water partition coefficient (Wildman–Crippen LogP) is 10.7. The van der Waals surface area contributed by atoms with Crippen LogP contribution in [0.4, 0.5) is 9.18 Å². The largest absolute Gasteiger partial charge is 0.459 e. The quantitative estimate of drug-likeness (QED) is 0.0319. The first-order valence-electron chi connectivity index (χ1n) is 23.8. The molecule has 1 fully saturated rings. The molecule has 12 nitrogen and oxygen atoms in total. The van der Waals surface area contributed by atoms with Crippen molar-refractivity contribution in [2.24, 2.45) is 22.9 Å². The van der Waals surface area contributed by atoms with E-state index in [1.54, 1.807) is 47.4 Å². The van der Waals surface area contributed by atoms with Crippen LogP contribution in [-0.4, -0.2) is 83.7 Å². The van der Waals surface area contributed by atoms with E-state index in [1.807, 2.05) is 69.3 Å². The van der Waals surface area contributed by atoms with Gasteiger partial charge in [0.05, 0.1) is 31.5 Å². The summed E-state index contributed by atoms with van der Waals surface area (Å²) in [6.07, 6.45) is 8.45. The summed E-state index contributed by atoms with van der Waals surface area (Å²) < 4.78 is 47.4. The molecule has 68 heavy (non-hydrogen) atoms. The zero-order valence-corrected chi connectivity index (χ0v) is 39.4. The van der Waals surface area contributed by atoms with Crippen LogP contribution in [0.15, 0.2) is 127 Å². The summed E-state index contributed by atoms with van der Waals surface area (Å²) >= 11 is 0. The second-order valence-corrected chi connectivity index (χ2v) is 18.7. The van der Waals surface area contributed by atoms with Crippen molar-refractivity contribution < 1.29 is 52.7 Å². The van der Waals surface area contributed by atoms with Crippen molar-refractivity contribution >= 4 is 18.1 Å². The van der Waals surface area contributed by atoms with Gasteiger partial charge < -0.3 is 38.7 Å². The van der Waals surface area contributed by atoms with Gasteiger partial charge in [-0.25, -0.2) is 9.18 Å². The maximum Gasteiger partial charge on any atom is 0.410 e. The molecule has 2 N–H and O–H groups in total. The molecule has 2 aliphatic carbocycles. The number of ether oxygens (including phenoxy) is 5. The summed E-state index contributed by atoms with van der Waals surface area (Å²) in [4.78, 5) is 34.5. The Bertz CT molecular complexity index is 2370. The van der Waals surface area contributed by atoms with Gasteiger partial charge in [0, 0.05) is 43.2 Å². The second-order valence-electron chi connectivity index (χ2n) is 18.7. The highest BCUT2D eigenvalue weighted by Gasteiger charge is 2.65. The summed E-state index contributed by atoms with van der Waals surface area (Å²) in [6, 6.07) is 27.5. The lowest BCUT2D eigenvalue weighted by Gasteiger charge is -2.60. The molecule has 1 heterocycles. The van der Waals surface area contributed by atoms with Crippen LogP contribution in [0.2, 0.25) is 0 Å². The van der Waals surface area contributed by atoms with Gasteiger partial charge >= 0.3 is 6.09 Å². The molecule has 362 valence electrons. The van der Waals surface area contributed by atoms with Gasteiger partial charge in [0.15, 0.2) is 0 Å². The van der Waals surface area contributed by atoms with Crippen molar-refractivity contribution in [3.8, 4) is 17.2 Å². The van der Waals surface area contributed by atoms with Gasteiger partial charge in [0.1, 0.15) is 47.6 Å². The number of carbonyl (C=O) groups excluding carboxylic acids is 2. The number of amides is 1. The van der Waals surface area contributed by atoms with Crippen molar-refractivity contribution in [2.75, 3.05) is 33.0 Å². The number of oxime groups is 1. The van der Waals surface area contributed by atoms with Gasteiger partial charge in [-0.1, -0.05) is 84.7 Å². The number of nitrogens with zero attached hydrogens (tertiary/aromatic N) is 2. The van der Waals surface area contributed by atoms with Gasteiger partial charge in [-0.15, -0.1) is 6.58 Å². The van der Waals surface area contributed by atoms with E-state index in [0.29, 0.717) is 53.5 Å². The molecule has 0 spiro atoms. The molecule has 1 saturated carbocycles. The number of hydrogen-bond acceptors (Lipinski definition) is 11. The van der Waals surface area contributed by atoms with Gasteiger partial charge in [-0.3, -0.25) is 9.69 Å². The third-order valence-corrected chi connectivity index (χ3v) is 12.7. The van der Waals surface area contributed by atoms with Gasteiger partial charge in [-0.05, 0) is 117 Å². The van der Waals surface area contributed by atoms with E-state index >= 15 is 0 Å². The molecule has 3 aliphatic rings. The van der Waals surface area contributed by atoms with Crippen LogP contribution in [0.3, 0.4) is 0 Å². The zero-order valence-electron chi connectivity index (χ0n) is 39.4. The molecule has 0 saturated heterocycles. The number of carbonyl (C=O) groups is 2. The first kappa shape index (κ1) is 50.0.